The molecule has 46 heavy (non-hydrogen) atoms. The quantitative estimate of drug-likeness (QED) is 0.111. The van der Waals surface area contributed by atoms with Crippen LogP contribution in [0, 0.1) is 10.8 Å². The van der Waals surface area contributed by atoms with Crippen LogP contribution in [0.1, 0.15) is 80.7 Å². The van der Waals surface area contributed by atoms with E-state index in [1.165, 1.54) is 17.3 Å². The summed E-state index contributed by atoms with van der Waals surface area (Å²) in [5.41, 5.74) is -0.334. The summed E-state index contributed by atoms with van der Waals surface area (Å²) in [6, 6.07) is 10.5. The van der Waals surface area contributed by atoms with Gasteiger partial charge in [-0.25, -0.2) is 4.79 Å². The first-order chi connectivity index (χ1) is 21.6. The van der Waals surface area contributed by atoms with Crippen molar-refractivity contribution in [3.8, 4) is 0 Å². The van der Waals surface area contributed by atoms with E-state index in [2.05, 4.69) is 45.0 Å². The summed E-state index contributed by atoms with van der Waals surface area (Å²) in [5.74, 6) is -0.154. The summed E-state index contributed by atoms with van der Waals surface area (Å²) in [6.07, 6.45) is 2.43. The number of esters is 1. The summed E-state index contributed by atoms with van der Waals surface area (Å²) in [6.45, 7) is 19.7. The van der Waals surface area contributed by atoms with Crippen LogP contribution < -0.4 is 0 Å². The highest BCUT2D eigenvalue weighted by molar-refractivity contribution is 8.47. The summed E-state index contributed by atoms with van der Waals surface area (Å²) in [4.78, 5) is 40.6. The standard InChI is InChI=1S/C33H49NO7S3.C2H6/c1-24(2)39-21-27(36)40-20-26(35)30(3,4)41-17-18-43-29(42)44-31(5,6)33(28(37)34-13-15-38-16-14-34)22-32(7,23-33)19-25-11-9-8-10-12-25;1-2/h8-12,24H,13-23H2,1-7H3;1-2H3. The van der Waals surface area contributed by atoms with Gasteiger partial charge in [0.2, 0.25) is 11.7 Å². The molecule has 1 amide bonds. The molecule has 0 N–H and O–H groups in total. The maximum absolute atomic E-state index is 14.2. The van der Waals surface area contributed by atoms with Gasteiger partial charge in [0.25, 0.3) is 0 Å². The van der Waals surface area contributed by atoms with Gasteiger partial charge < -0.3 is 23.8 Å². The zero-order valence-corrected chi connectivity index (χ0v) is 31.7. The van der Waals surface area contributed by atoms with E-state index in [-0.39, 0.29) is 36.4 Å². The number of carbonyl (C=O) groups excluding carboxylic acids is 3. The third-order valence-corrected chi connectivity index (χ3v) is 11.3. The molecule has 3 rings (SSSR count). The Kier molecular flexibility index (Phi) is 16.2. The van der Waals surface area contributed by atoms with Crippen LogP contribution in [-0.4, -0.2) is 94.4 Å². The first-order valence-electron chi connectivity index (χ1n) is 16.3. The lowest BCUT2D eigenvalue weighted by atomic mass is 9.47. The van der Waals surface area contributed by atoms with E-state index in [1.807, 2.05) is 38.7 Å². The fraction of sp³-hybridized carbons (Fsp3) is 0.714. The Morgan fingerprint density at radius 2 is 1.63 bits per heavy atom. The van der Waals surface area contributed by atoms with Crippen molar-refractivity contribution < 1.29 is 33.3 Å². The largest absolute Gasteiger partial charge is 0.456 e. The second kappa shape index (κ2) is 18.3. The number of amides is 1. The summed E-state index contributed by atoms with van der Waals surface area (Å²) in [7, 11) is 0. The van der Waals surface area contributed by atoms with Crippen LogP contribution >= 0.6 is 35.7 Å². The number of rotatable bonds is 15. The van der Waals surface area contributed by atoms with Gasteiger partial charge in [0, 0.05) is 23.6 Å². The minimum Gasteiger partial charge on any atom is -0.456 e. The van der Waals surface area contributed by atoms with Gasteiger partial charge in [-0.3, -0.25) is 9.59 Å². The highest BCUT2D eigenvalue weighted by Crippen LogP contribution is 2.65. The van der Waals surface area contributed by atoms with Gasteiger partial charge in [0.1, 0.15) is 15.7 Å². The van der Waals surface area contributed by atoms with Gasteiger partial charge in [0.05, 0.1) is 31.3 Å². The number of benzene rings is 1. The maximum Gasteiger partial charge on any atom is 0.332 e. The number of hydrogen-bond donors (Lipinski definition) is 0. The van der Waals surface area contributed by atoms with Crippen LogP contribution in [0.25, 0.3) is 0 Å². The monoisotopic (exact) mass is 697 g/mol. The SMILES string of the molecule is CC.CC(C)OCC(=O)OCC(=O)C(C)(C)OCCSC(=S)SC(C)(C)C1(C(=O)N2CCOCC2)CC(C)(Cc2ccccc2)C1. The van der Waals surface area contributed by atoms with E-state index in [1.54, 1.807) is 25.6 Å². The molecule has 260 valence electrons. The number of thiocarbonyl (C=S) groups is 1. The van der Waals surface area contributed by atoms with Crippen LogP contribution in [0.3, 0.4) is 0 Å². The molecule has 1 saturated carbocycles. The number of ketones is 1. The molecule has 1 heterocycles. The number of nitrogens with zero attached hydrogens (tertiary/aromatic N) is 1. The second-order valence-electron chi connectivity index (χ2n) is 13.3. The number of hydrogen-bond acceptors (Lipinski definition) is 10. The molecule has 0 aromatic heterocycles. The number of ether oxygens (including phenoxy) is 4. The average Bonchev–Trinajstić information content (AvgIpc) is 3.00. The number of carbonyl (C=O) groups is 3. The van der Waals surface area contributed by atoms with Crippen LogP contribution in [0.4, 0.5) is 0 Å². The molecule has 0 spiro atoms. The topological polar surface area (TPSA) is 91.4 Å². The molecular weight excluding hydrogens is 643 g/mol. The molecule has 2 aliphatic rings. The van der Waals surface area contributed by atoms with Gasteiger partial charge in [-0.15, -0.1) is 23.5 Å². The lowest BCUT2D eigenvalue weighted by molar-refractivity contribution is -0.165. The summed E-state index contributed by atoms with van der Waals surface area (Å²) >= 11 is 8.89. The van der Waals surface area contributed by atoms with E-state index in [0.29, 0.717) is 38.7 Å². The number of morpholine rings is 1. The fourth-order valence-electron chi connectivity index (χ4n) is 5.96. The molecular formula is C35H55NO7S3. The van der Waals surface area contributed by atoms with E-state index >= 15 is 0 Å². The molecule has 1 aliphatic carbocycles. The van der Waals surface area contributed by atoms with Gasteiger partial charge in [-0.1, -0.05) is 63.3 Å². The molecule has 2 fully saturated rings. The lowest BCUT2D eigenvalue weighted by Crippen LogP contribution is -2.65. The van der Waals surface area contributed by atoms with Crippen molar-refractivity contribution >= 4 is 56.9 Å². The minimum atomic E-state index is -1.11. The van der Waals surface area contributed by atoms with Crippen molar-refractivity contribution in [3.63, 3.8) is 0 Å². The van der Waals surface area contributed by atoms with Crippen molar-refractivity contribution in [1.82, 2.24) is 4.90 Å². The molecule has 11 heteroatoms. The van der Waals surface area contributed by atoms with Crippen molar-refractivity contribution in [1.29, 1.82) is 0 Å². The molecule has 0 bridgehead atoms. The van der Waals surface area contributed by atoms with Crippen LogP contribution in [0.2, 0.25) is 0 Å². The van der Waals surface area contributed by atoms with Crippen LogP contribution in [-0.2, 0) is 39.8 Å². The number of Topliss-reactive ketones (excluding diaryl/α,β-unsaturated/α-hetero) is 1. The molecule has 8 nitrogen and oxygen atoms in total. The Labute approximate surface area is 290 Å². The maximum atomic E-state index is 14.2. The second-order valence-corrected chi connectivity index (χ2v) is 17.2. The van der Waals surface area contributed by atoms with Crippen molar-refractivity contribution in [3.05, 3.63) is 35.9 Å². The van der Waals surface area contributed by atoms with E-state index in [9.17, 15) is 14.4 Å². The van der Waals surface area contributed by atoms with Crippen molar-refractivity contribution in [2.75, 3.05) is 51.9 Å². The van der Waals surface area contributed by atoms with Crippen LogP contribution in [0.5, 0.6) is 0 Å². The Balaban J connectivity index is 0.00000361. The first-order valence-corrected chi connectivity index (χ1v) is 18.5. The lowest BCUT2D eigenvalue weighted by Gasteiger charge is -2.61. The zero-order valence-electron chi connectivity index (χ0n) is 29.3. The van der Waals surface area contributed by atoms with E-state index < -0.39 is 21.7 Å². The predicted octanol–water partition coefficient (Wildman–Crippen LogP) is 6.76. The molecule has 0 unspecified atom stereocenters. The summed E-state index contributed by atoms with van der Waals surface area (Å²) < 4.78 is 22.0. The van der Waals surface area contributed by atoms with Crippen molar-refractivity contribution in [2.24, 2.45) is 10.8 Å². The average molecular weight is 698 g/mol. The van der Waals surface area contributed by atoms with Gasteiger partial charge in [-0.2, -0.15) is 0 Å². The number of thioether (sulfide) groups is 2. The van der Waals surface area contributed by atoms with Crippen molar-refractivity contribution in [2.45, 2.75) is 98.0 Å². The minimum absolute atomic E-state index is 0.0254. The molecule has 0 atom stereocenters. The Hall–Kier alpha value is -1.50. The van der Waals surface area contributed by atoms with Gasteiger partial charge in [-0.05, 0) is 71.8 Å². The zero-order chi connectivity index (χ0) is 34.6. The third kappa shape index (κ3) is 11.6. The highest BCUT2D eigenvalue weighted by atomic mass is 32.2. The third-order valence-electron chi connectivity index (χ3n) is 8.47. The smallest absolute Gasteiger partial charge is 0.332 e. The van der Waals surface area contributed by atoms with Crippen LogP contribution in [0.15, 0.2) is 30.3 Å². The molecule has 0 radical (unpaired) electrons. The molecule has 1 aliphatic heterocycles. The Morgan fingerprint density at radius 1 is 1.02 bits per heavy atom. The van der Waals surface area contributed by atoms with Gasteiger partial charge in [0.15, 0.2) is 6.61 Å². The first kappa shape index (κ1) is 40.7. The molecule has 1 aromatic carbocycles. The fourth-order valence-corrected chi connectivity index (χ4v) is 9.12. The van der Waals surface area contributed by atoms with E-state index in [0.717, 1.165) is 22.8 Å². The highest BCUT2D eigenvalue weighted by Gasteiger charge is 2.64. The Morgan fingerprint density at radius 3 is 2.22 bits per heavy atom. The molecule has 1 saturated heterocycles. The summed E-state index contributed by atoms with van der Waals surface area (Å²) in [5, 5.41) is 0. The van der Waals surface area contributed by atoms with E-state index in [4.69, 9.17) is 31.2 Å². The Bertz CT molecular complexity index is 1140. The van der Waals surface area contributed by atoms with Gasteiger partial charge >= 0.3 is 5.97 Å². The normalized spacial score (nSPS) is 21.6. The molecule has 1 aromatic rings. The predicted molar refractivity (Wildman–Crippen MR) is 192 cm³/mol.